The first-order chi connectivity index (χ1) is 7.83. The second kappa shape index (κ2) is 6.10. The molecule has 5 nitrogen and oxygen atoms in total. The molecule has 0 saturated heterocycles. The molecule has 0 aliphatic rings. The summed E-state index contributed by atoms with van der Waals surface area (Å²) in [4.78, 5) is 10.5. The van der Waals surface area contributed by atoms with E-state index in [0.29, 0.717) is 4.47 Å². The van der Waals surface area contributed by atoms with Gasteiger partial charge in [0.05, 0.1) is 6.61 Å². The minimum atomic E-state index is -3.81. The Balaban J connectivity index is 2.86. The summed E-state index contributed by atoms with van der Waals surface area (Å²) >= 11 is 8.84. The third-order valence-electron chi connectivity index (χ3n) is 1.65. The van der Waals surface area contributed by atoms with Gasteiger partial charge in [-0.25, -0.2) is 13.4 Å². The summed E-state index contributed by atoms with van der Waals surface area (Å²) in [5.41, 5.74) is 0. The number of rotatable bonds is 5. The molecule has 96 valence electrons. The number of sulfonamides is 1. The fourth-order valence-electron chi connectivity index (χ4n) is 0.916. The van der Waals surface area contributed by atoms with E-state index in [1.807, 2.05) is 18.7 Å². The van der Waals surface area contributed by atoms with Crippen LogP contribution in [0.5, 0.6) is 0 Å². The van der Waals surface area contributed by atoms with E-state index in [2.05, 4.69) is 20.9 Å². The van der Waals surface area contributed by atoms with Crippen molar-refractivity contribution in [3.05, 3.63) is 21.9 Å². The SMILES string of the molecule is CC(C)CONS(=O)(=O)c1cc(Br)cnc1Cl. The van der Waals surface area contributed by atoms with E-state index in [-0.39, 0.29) is 22.6 Å². The van der Waals surface area contributed by atoms with Crippen molar-refractivity contribution in [2.24, 2.45) is 5.92 Å². The summed E-state index contributed by atoms with van der Waals surface area (Å²) in [5.74, 6) is 0.216. The van der Waals surface area contributed by atoms with Gasteiger partial charge in [-0.1, -0.05) is 30.3 Å². The zero-order valence-electron chi connectivity index (χ0n) is 9.28. The van der Waals surface area contributed by atoms with Crippen molar-refractivity contribution in [1.29, 1.82) is 0 Å². The Kier molecular flexibility index (Phi) is 5.33. The van der Waals surface area contributed by atoms with Gasteiger partial charge in [-0.15, -0.1) is 0 Å². The fraction of sp³-hybridized carbons (Fsp3) is 0.444. The van der Waals surface area contributed by atoms with Crippen LogP contribution in [0.3, 0.4) is 0 Å². The molecule has 17 heavy (non-hydrogen) atoms. The topological polar surface area (TPSA) is 68.3 Å². The van der Waals surface area contributed by atoms with Crippen LogP contribution >= 0.6 is 27.5 Å². The molecule has 0 unspecified atom stereocenters. The number of nitrogens with zero attached hydrogens (tertiary/aromatic N) is 1. The van der Waals surface area contributed by atoms with E-state index >= 15 is 0 Å². The highest BCUT2D eigenvalue weighted by molar-refractivity contribution is 9.10. The summed E-state index contributed by atoms with van der Waals surface area (Å²) in [6.45, 7) is 4.09. The zero-order chi connectivity index (χ0) is 13.1. The van der Waals surface area contributed by atoms with Crippen molar-refractivity contribution in [3.8, 4) is 0 Å². The van der Waals surface area contributed by atoms with Crippen molar-refractivity contribution in [2.45, 2.75) is 18.7 Å². The van der Waals surface area contributed by atoms with Gasteiger partial charge >= 0.3 is 0 Å². The van der Waals surface area contributed by atoms with E-state index in [1.165, 1.54) is 12.3 Å². The van der Waals surface area contributed by atoms with E-state index in [4.69, 9.17) is 16.4 Å². The Morgan fingerprint density at radius 3 is 2.82 bits per heavy atom. The number of pyridine rings is 1. The number of aromatic nitrogens is 1. The second-order valence-electron chi connectivity index (χ2n) is 3.73. The first-order valence-electron chi connectivity index (χ1n) is 4.77. The smallest absolute Gasteiger partial charge is 0.265 e. The Morgan fingerprint density at radius 2 is 2.24 bits per heavy atom. The lowest BCUT2D eigenvalue weighted by Gasteiger charge is -2.09. The number of hydrogen-bond acceptors (Lipinski definition) is 4. The van der Waals surface area contributed by atoms with Gasteiger partial charge in [0.25, 0.3) is 10.0 Å². The van der Waals surface area contributed by atoms with Crippen LogP contribution in [0.15, 0.2) is 21.6 Å². The number of nitrogens with one attached hydrogen (secondary N) is 1. The van der Waals surface area contributed by atoms with Crippen LogP contribution in [-0.4, -0.2) is 20.0 Å². The maximum Gasteiger partial charge on any atom is 0.265 e. The number of halogens is 2. The first kappa shape index (κ1) is 14.8. The van der Waals surface area contributed by atoms with Crippen molar-refractivity contribution >= 4 is 37.6 Å². The third kappa shape index (κ3) is 4.51. The zero-order valence-corrected chi connectivity index (χ0v) is 12.4. The maximum atomic E-state index is 11.8. The molecular formula is C9H12BrClN2O3S. The summed E-state index contributed by atoms with van der Waals surface area (Å²) in [6, 6.07) is 1.36. The summed E-state index contributed by atoms with van der Waals surface area (Å²) in [6.07, 6.45) is 1.41. The maximum absolute atomic E-state index is 11.8. The molecule has 0 spiro atoms. The molecule has 0 saturated carbocycles. The largest absolute Gasteiger partial charge is 0.287 e. The highest BCUT2D eigenvalue weighted by atomic mass is 79.9. The standard InChI is InChI=1S/C9H12BrClN2O3S/c1-6(2)5-16-13-17(14,15)8-3-7(10)4-12-9(8)11/h3-4,6,13H,5H2,1-2H3. The second-order valence-corrected chi connectivity index (χ2v) is 6.62. The summed E-state index contributed by atoms with van der Waals surface area (Å²) < 4.78 is 24.1. The van der Waals surface area contributed by atoms with Gasteiger partial charge in [-0.2, -0.15) is 0 Å². The van der Waals surface area contributed by atoms with Gasteiger partial charge in [0.15, 0.2) is 0 Å². The van der Waals surface area contributed by atoms with Crippen molar-refractivity contribution < 1.29 is 13.3 Å². The van der Waals surface area contributed by atoms with Crippen LogP contribution < -0.4 is 4.89 Å². The predicted molar refractivity (Wildman–Crippen MR) is 68.1 cm³/mol. The van der Waals surface area contributed by atoms with Crippen LogP contribution in [0, 0.1) is 5.92 Å². The Morgan fingerprint density at radius 1 is 1.59 bits per heavy atom. The molecule has 0 atom stereocenters. The summed E-state index contributed by atoms with van der Waals surface area (Å²) in [7, 11) is -3.81. The van der Waals surface area contributed by atoms with Gasteiger partial charge in [0, 0.05) is 10.7 Å². The highest BCUT2D eigenvalue weighted by Crippen LogP contribution is 2.22. The van der Waals surface area contributed by atoms with Crippen molar-refractivity contribution in [2.75, 3.05) is 6.61 Å². The normalized spacial score (nSPS) is 12.1. The minimum absolute atomic E-state index is 0.103. The quantitative estimate of drug-likeness (QED) is 0.658. The van der Waals surface area contributed by atoms with Gasteiger partial charge in [0.1, 0.15) is 10.0 Å². The highest BCUT2D eigenvalue weighted by Gasteiger charge is 2.19. The average molecular weight is 344 g/mol. The number of hydrogen-bond donors (Lipinski definition) is 1. The Hall–Kier alpha value is -0.210. The molecular weight excluding hydrogens is 332 g/mol. The lowest BCUT2D eigenvalue weighted by atomic mass is 10.2. The Bertz CT molecular complexity index is 493. The lowest BCUT2D eigenvalue weighted by molar-refractivity contribution is 0.0718. The third-order valence-corrected chi connectivity index (χ3v) is 3.72. The van der Waals surface area contributed by atoms with Crippen molar-refractivity contribution in [3.63, 3.8) is 0 Å². The molecule has 8 heteroatoms. The van der Waals surface area contributed by atoms with Crippen LogP contribution in [-0.2, 0) is 14.9 Å². The van der Waals surface area contributed by atoms with Gasteiger partial charge in [-0.3, -0.25) is 4.84 Å². The Labute approximate surface area is 114 Å². The molecule has 1 aromatic heterocycles. The summed E-state index contributed by atoms with van der Waals surface area (Å²) in [5, 5.41) is -0.103. The van der Waals surface area contributed by atoms with Gasteiger partial charge in [-0.05, 0) is 27.9 Å². The molecule has 0 fully saturated rings. The van der Waals surface area contributed by atoms with Crippen LogP contribution in [0.25, 0.3) is 0 Å². The van der Waals surface area contributed by atoms with Crippen LogP contribution in [0.1, 0.15) is 13.8 Å². The van der Waals surface area contributed by atoms with Gasteiger partial charge in [0.2, 0.25) is 0 Å². The molecule has 0 amide bonds. The molecule has 0 bridgehead atoms. The lowest BCUT2D eigenvalue weighted by Crippen LogP contribution is -2.26. The van der Waals surface area contributed by atoms with E-state index in [9.17, 15) is 8.42 Å². The van der Waals surface area contributed by atoms with Crippen LogP contribution in [0.4, 0.5) is 0 Å². The van der Waals surface area contributed by atoms with Crippen LogP contribution in [0.2, 0.25) is 5.15 Å². The minimum Gasteiger partial charge on any atom is -0.287 e. The predicted octanol–water partition coefficient (Wildman–Crippen LogP) is 2.36. The fourth-order valence-corrected chi connectivity index (χ4v) is 2.68. The monoisotopic (exact) mass is 342 g/mol. The van der Waals surface area contributed by atoms with E-state index in [1.54, 1.807) is 0 Å². The molecule has 0 radical (unpaired) electrons. The first-order valence-corrected chi connectivity index (χ1v) is 7.43. The van der Waals surface area contributed by atoms with Gasteiger partial charge < -0.3 is 0 Å². The molecule has 1 rings (SSSR count). The molecule has 0 aliphatic carbocycles. The molecule has 1 N–H and O–H groups in total. The molecule has 0 aromatic carbocycles. The molecule has 0 aliphatic heterocycles. The van der Waals surface area contributed by atoms with E-state index < -0.39 is 10.0 Å². The van der Waals surface area contributed by atoms with E-state index in [0.717, 1.165) is 0 Å². The molecule has 1 aromatic rings. The average Bonchev–Trinajstić information content (AvgIpc) is 2.20. The van der Waals surface area contributed by atoms with Crippen molar-refractivity contribution in [1.82, 2.24) is 9.87 Å². The molecule has 1 heterocycles.